The number of nitrogen functional groups attached to an aromatic ring is 1. The summed E-state index contributed by atoms with van der Waals surface area (Å²) in [6.45, 7) is 0. The lowest BCUT2D eigenvalue weighted by molar-refractivity contribution is 0.556. The van der Waals surface area contributed by atoms with Gasteiger partial charge in [0.2, 0.25) is 5.89 Å². The third-order valence-electron chi connectivity index (χ3n) is 2.36. The Morgan fingerprint density at radius 3 is 2.84 bits per heavy atom. The number of aromatic nitrogens is 3. The van der Waals surface area contributed by atoms with Crippen LogP contribution in [0.4, 0.5) is 5.82 Å². The van der Waals surface area contributed by atoms with Crippen LogP contribution >= 0.6 is 23.4 Å². The number of halogens is 1. The Labute approximate surface area is 118 Å². The third-order valence-corrected chi connectivity index (χ3v) is 3.38. The van der Waals surface area contributed by atoms with Crippen LogP contribution in [-0.4, -0.2) is 15.0 Å². The maximum Gasteiger partial charge on any atom is 0.205 e. The number of oxazole rings is 1. The van der Waals surface area contributed by atoms with E-state index in [0.717, 1.165) is 11.1 Å². The molecule has 0 aliphatic heterocycles. The van der Waals surface area contributed by atoms with Gasteiger partial charge in [0, 0.05) is 6.07 Å². The fraction of sp³-hybridized carbons (Fsp3) is 0.0833. The number of nitrogens with two attached hydrogens (primary N) is 1. The Bertz CT molecular complexity index is 677. The highest BCUT2D eigenvalue weighted by atomic mass is 35.5. The molecular formula is C12H9ClN4OS. The zero-order valence-corrected chi connectivity index (χ0v) is 11.3. The van der Waals surface area contributed by atoms with E-state index >= 15 is 0 Å². The highest BCUT2D eigenvalue weighted by molar-refractivity contribution is 7.98. The van der Waals surface area contributed by atoms with Crippen molar-refractivity contribution >= 4 is 40.3 Å². The van der Waals surface area contributed by atoms with Crippen molar-refractivity contribution in [3.63, 3.8) is 0 Å². The summed E-state index contributed by atoms with van der Waals surface area (Å²) < 4.78 is 5.60. The third kappa shape index (κ3) is 2.80. The Morgan fingerprint density at radius 2 is 2.05 bits per heavy atom. The lowest BCUT2D eigenvalue weighted by atomic mass is 10.3. The second kappa shape index (κ2) is 5.07. The highest BCUT2D eigenvalue weighted by Crippen LogP contribution is 2.23. The average Bonchev–Trinajstić information content (AvgIpc) is 2.78. The average molecular weight is 293 g/mol. The fourth-order valence-electron chi connectivity index (χ4n) is 1.59. The molecule has 19 heavy (non-hydrogen) atoms. The van der Waals surface area contributed by atoms with Gasteiger partial charge in [0.05, 0.1) is 5.75 Å². The molecule has 1 aromatic carbocycles. The molecule has 3 rings (SSSR count). The monoisotopic (exact) mass is 292 g/mol. The van der Waals surface area contributed by atoms with E-state index in [1.807, 2.05) is 24.3 Å². The predicted molar refractivity (Wildman–Crippen MR) is 75.0 cm³/mol. The van der Waals surface area contributed by atoms with Crippen LogP contribution in [-0.2, 0) is 5.75 Å². The van der Waals surface area contributed by atoms with Crippen LogP contribution in [0.5, 0.6) is 0 Å². The SMILES string of the molecule is Nc1cc(Cl)nc(SCc2nc3ccccc3o2)n1. The molecule has 7 heteroatoms. The van der Waals surface area contributed by atoms with E-state index < -0.39 is 0 Å². The first-order chi connectivity index (χ1) is 9.20. The number of para-hydroxylation sites is 2. The summed E-state index contributed by atoms with van der Waals surface area (Å²) in [5.41, 5.74) is 7.21. The van der Waals surface area contributed by atoms with Gasteiger partial charge in [0.1, 0.15) is 16.5 Å². The van der Waals surface area contributed by atoms with E-state index in [9.17, 15) is 0 Å². The van der Waals surface area contributed by atoms with Crippen molar-refractivity contribution in [3.8, 4) is 0 Å². The second-order valence-corrected chi connectivity index (χ2v) is 5.09. The molecule has 2 aromatic heterocycles. The van der Waals surface area contributed by atoms with Crippen molar-refractivity contribution in [1.29, 1.82) is 0 Å². The van der Waals surface area contributed by atoms with Crippen molar-refractivity contribution in [2.24, 2.45) is 0 Å². The van der Waals surface area contributed by atoms with Crippen molar-refractivity contribution in [3.05, 3.63) is 41.4 Å². The number of fused-ring (bicyclic) bond motifs is 1. The minimum absolute atomic E-state index is 0.326. The van der Waals surface area contributed by atoms with E-state index in [1.54, 1.807) is 0 Å². The van der Waals surface area contributed by atoms with Gasteiger partial charge in [-0.05, 0) is 12.1 Å². The molecule has 0 saturated carbocycles. The number of benzene rings is 1. The van der Waals surface area contributed by atoms with Gasteiger partial charge in [0.25, 0.3) is 0 Å². The first kappa shape index (κ1) is 12.3. The van der Waals surface area contributed by atoms with Gasteiger partial charge in [-0.1, -0.05) is 35.5 Å². The summed E-state index contributed by atoms with van der Waals surface area (Å²) >= 11 is 7.19. The normalized spacial score (nSPS) is 11.0. The molecule has 0 atom stereocenters. The highest BCUT2D eigenvalue weighted by Gasteiger charge is 2.08. The summed E-state index contributed by atoms with van der Waals surface area (Å²) in [7, 11) is 0. The van der Waals surface area contributed by atoms with E-state index in [2.05, 4.69) is 15.0 Å². The minimum Gasteiger partial charge on any atom is -0.440 e. The Balaban J connectivity index is 1.78. The fourth-order valence-corrected chi connectivity index (χ4v) is 2.54. The summed E-state index contributed by atoms with van der Waals surface area (Å²) in [6, 6.07) is 9.12. The summed E-state index contributed by atoms with van der Waals surface area (Å²) in [4.78, 5) is 12.5. The van der Waals surface area contributed by atoms with Gasteiger partial charge in [-0.2, -0.15) is 0 Å². The van der Waals surface area contributed by atoms with Crippen LogP contribution < -0.4 is 5.73 Å². The lowest BCUT2D eigenvalue weighted by Crippen LogP contribution is -1.95. The van der Waals surface area contributed by atoms with Gasteiger partial charge in [-0.15, -0.1) is 0 Å². The maximum absolute atomic E-state index is 5.81. The summed E-state index contributed by atoms with van der Waals surface area (Å²) in [5.74, 6) is 1.49. The molecule has 0 fully saturated rings. The number of anilines is 1. The molecule has 0 aliphatic carbocycles. The van der Waals surface area contributed by atoms with Gasteiger partial charge < -0.3 is 10.2 Å². The molecule has 0 unspecified atom stereocenters. The Morgan fingerprint density at radius 1 is 1.21 bits per heavy atom. The summed E-state index contributed by atoms with van der Waals surface area (Å²) in [5, 5.41) is 0.833. The van der Waals surface area contributed by atoms with Gasteiger partial charge in [0.15, 0.2) is 10.7 Å². The molecule has 5 nitrogen and oxygen atoms in total. The zero-order chi connectivity index (χ0) is 13.2. The van der Waals surface area contributed by atoms with Crippen LogP contribution in [0.1, 0.15) is 5.89 Å². The topological polar surface area (TPSA) is 77.8 Å². The van der Waals surface area contributed by atoms with Crippen molar-refractivity contribution in [2.75, 3.05) is 5.73 Å². The minimum atomic E-state index is 0.326. The number of rotatable bonds is 3. The van der Waals surface area contributed by atoms with Gasteiger partial charge >= 0.3 is 0 Å². The number of thioether (sulfide) groups is 1. The van der Waals surface area contributed by atoms with Gasteiger partial charge in [-0.25, -0.2) is 15.0 Å². The van der Waals surface area contributed by atoms with E-state index in [-0.39, 0.29) is 0 Å². The van der Waals surface area contributed by atoms with Crippen molar-refractivity contribution < 1.29 is 4.42 Å². The van der Waals surface area contributed by atoms with E-state index in [1.165, 1.54) is 17.8 Å². The number of hydrogen-bond donors (Lipinski definition) is 1. The van der Waals surface area contributed by atoms with E-state index in [0.29, 0.717) is 27.8 Å². The lowest BCUT2D eigenvalue weighted by Gasteiger charge is -1.99. The van der Waals surface area contributed by atoms with Crippen LogP contribution in [0.15, 0.2) is 39.9 Å². The first-order valence-electron chi connectivity index (χ1n) is 5.48. The molecule has 2 N–H and O–H groups in total. The second-order valence-electron chi connectivity index (χ2n) is 3.76. The summed E-state index contributed by atoms with van der Waals surface area (Å²) in [6.07, 6.45) is 0. The Hall–Kier alpha value is -1.79. The van der Waals surface area contributed by atoms with Crippen LogP contribution in [0.2, 0.25) is 5.15 Å². The number of nitrogens with zero attached hydrogens (tertiary/aromatic N) is 3. The molecule has 2 heterocycles. The zero-order valence-electron chi connectivity index (χ0n) is 9.71. The van der Waals surface area contributed by atoms with Crippen molar-refractivity contribution in [2.45, 2.75) is 10.9 Å². The first-order valence-corrected chi connectivity index (χ1v) is 6.84. The predicted octanol–water partition coefficient (Wildman–Crippen LogP) is 3.15. The van der Waals surface area contributed by atoms with Crippen molar-refractivity contribution in [1.82, 2.24) is 15.0 Å². The molecule has 0 aliphatic rings. The quantitative estimate of drug-likeness (QED) is 0.454. The standard InChI is InChI=1S/C12H9ClN4OS/c13-9-5-10(14)17-12(16-9)19-6-11-15-7-3-1-2-4-8(7)18-11/h1-5H,6H2,(H2,14,16,17). The Kier molecular flexibility index (Phi) is 3.27. The molecular weight excluding hydrogens is 284 g/mol. The number of hydrogen-bond acceptors (Lipinski definition) is 6. The molecule has 0 saturated heterocycles. The smallest absolute Gasteiger partial charge is 0.205 e. The molecule has 0 bridgehead atoms. The van der Waals surface area contributed by atoms with Crippen LogP contribution in [0, 0.1) is 0 Å². The van der Waals surface area contributed by atoms with Crippen LogP contribution in [0.25, 0.3) is 11.1 Å². The van der Waals surface area contributed by atoms with Gasteiger partial charge in [-0.3, -0.25) is 0 Å². The molecule has 0 spiro atoms. The van der Waals surface area contributed by atoms with Crippen LogP contribution in [0.3, 0.4) is 0 Å². The molecule has 0 amide bonds. The largest absolute Gasteiger partial charge is 0.440 e. The molecule has 96 valence electrons. The molecule has 0 radical (unpaired) electrons. The van der Waals surface area contributed by atoms with E-state index in [4.69, 9.17) is 21.8 Å². The molecule has 3 aromatic rings. The maximum atomic E-state index is 5.81.